The van der Waals surface area contributed by atoms with Gasteiger partial charge in [0.1, 0.15) is 11.5 Å². The first-order valence-corrected chi connectivity index (χ1v) is 6.60. The minimum absolute atomic E-state index is 0.0136. The maximum atomic E-state index is 13.3. The zero-order valence-electron chi connectivity index (χ0n) is 10.9. The molecule has 0 aliphatic heterocycles. The maximum Gasteiger partial charge on any atom is 0.160 e. The van der Waals surface area contributed by atoms with Crippen LogP contribution >= 0.6 is 11.6 Å². The number of benzene rings is 2. The molecule has 106 valence electrons. The summed E-state index contributed by atoms with van der Waals surface area (Å²) in [5, 5.41) is 0.0136. The first-order valence-electron chi connectivity index (χ1n) is 6.22. The molecule has 3 rings (SSSR count). The summed E-state index contributed by atoms with van der Waals surface area (Å²) in [6, 6.07) is 13.7. The van der Waals surface area contributed by atoms with Gasteiger partial charge < -0.3 is 11.6 Å². The fraction of sp³-hybridized carbons (Fsp3) is 0. The number of anilines is 1. The molecular formula is C15H12ClFN4. The third-order valence-corrected chi connectivity index (χ3v) is 3.46. The van der Waals surface area contributed by atoms with Crippen LogP contribution in [-0.2, 0) is 0 Å². The molecule has 4 N–H and O–H groups in total. The summed E-state index contributed by atoms with van der Waals surface area (Å²) >= 11 is 5.80. The van der Waals surface area contributed by atoms with Gasteiger partial charge >= 0.3 is 0 Å². The van der Waals surface area contributed by atoms with Crippen LogP contribution in [0.1, 0.15) is 0 Å². The predicted octanol–water partition coefficient (Wildman–Crippen LogP) is 3.31. The average molecular weight is 303 g/mol. The van der Waals surface area contributed by atoms with Gasteiger partial charge in [-0.2, -0.15) is 0 Å². The largest absolute Gasteiger partial charge is 0.382 e. The number of nitrogens with zero attached hydrogens (tertiary/aromatic N) is 2. The Morgan fingerprint density at radius 2 is 1.76 bits per heavy atom. The van der Waals surface area contributed by atoms with Gasteiger partial charge in [0.2, 0.25) is 0 Å². The van der Waals surface area contributed by atoms with E-state index in [9.17, 15) is 4.39 Å². The summed E-state index contributed by atoms with van der Waals surface area (Å²) in [5.74, 6) is 6.29. The van der Waals surface area contributed by atoms with Crippen LogP contribution in [0.4, 0.5) is 10.2 Å². The maximum absolute atomic E-state index is 13.3. The van der Waals surface area contributed by atoms with E-state index in [0.29, 0.717) is 17.1 Å². The van der Waals surface area contributed by atoms with E-state index in [1.165, 1.54) is 16.8 Å². The molecule has 1 heterocycles. The quantitative estimate of drug-likeness (QED) is 0.714. The molecule has 6 heteroatoms. The molecule has 1 aromatic heterocycles. The van der Waals surface area contributed by atoms with Crippen molar-refractivity contribution in [3.8, 4) is 22.6 Å². The number of imidazole rings is 1. The summed E-state index contributed by atoms with van der Waals surface area (Å²) in [6.07, 6.45) is 0. The second kappa shape index (κ2) is 5.10. The van der Waals surface area contributed by atoms with Gasteiger partial charge in [0, 0.05) is 11.1 Å². The van der Waals surface area contributed by atoms with Crippen molar-refractivity contribution in [2.45, 2.75) is 0 Å². The molecule has 0 saturated heterocycles. The average Bonchev–Trinajstić information content (AvgIpc) is 2.79. The number of rotatable bonds is 2. The Morgan fingerprint density at radius 1 is 1.05 bits per heavy atom. The van der Waals surface area contributed by atoms with E-state index in [4.69, 9.17) is 23.2 Å². The molecule has 2 aromatic carbocycles. The molecule has 0 unspecified atom stereocenters. The highest BCUT2D eigenvalue weighted by molar-refractivity contribution is 6.31. The Kier molecular flexibility index (Phi) is 3.27. The molecule has 3 aromatic rings. The molecule has 0 aliphatic rings. The van der Waals surface area contributed by atoms with E-state index < -0.39 is 5.82 Å². The van der Waals surface area contributed by atoms with Crippen LogP contribution in [0.3, 0.4) is 0 Å². The Hall–Kier alpha value is -2.53. The molecular weight excluding hydrogens is 291 g/mol. The minimum atomic E-state index is -0.491. The van der Waals surface area contributed by atoms with Gasteiger partial charge in [0.15, 0.2) is 11.6 Å². The number of hydrogen-bond donors (Lipinski definition) is 2. The van der Waals surface area contributed by atoms with Crippen molar-refractivity contribution < 1.29 is 4.39 Å². The van der Waals surface area contributed by atoms with Crippen molar-refractivity contribution in [3.05, 3.63) is 59.4 Å². The first kappa shape index (κ1) is 13.5. The Morgan fingerprint density at radius 3 is 2.43 bits per heavy atom. The normalized spacial score (nSPS) is 10.8. The lowest BCUT2D eigenvalue weighted by Gasteiger charge is -2.02. The van der Waals surface area contributed by atoms with Crippen LogP contribution in [0.25, 0.3) is 22.6 Å². The Bertz CT molecular complexity index is 799. The smallest absolute Gasteiger partial charge is 0.160 e. The number of hydrogen-bond acceptors (Lipinski definition) is 3. The zero-order chi connectivity index (χ0) is 15.0. The Balaban J connectivity index is 2.15. The van der Waals surface area contributed by atoms with Crippen molar-refractivity contribution in [2.75, 3.05) is 11.6 Å². The molecule has 0 amide bonds. The van der Waals surface area contributed by atoms with Crippen LogP contribution in [0.5, 0.6) is 0 Å². The van der Waals surface area contributed by atoms with Crippen molar-refractivity contribution in [1.29, 1.82) is 0 Å². The van der Waals surface area contributed by atoms with Crippen molar-refractivity contribution in [3.63, 3.8) is 0 Å². The van der Waals surface area contributed by atoms with Gasteiger partial charge in [-0.25, -0.2) is 14.1 Å². The highest BCUT2D eigenvalue weighted by Crippen LogP contribution is 2.31. The second-order valence-corrected chi connectivity index (χ2v) is 4.94. The molecule has 0 saturated carbocycles. The molecule has 21 heavy (non-hydrogen) atoms. The summed E-state index contributed by atoms with van der Waals surface area (Å²) in [6.45, 7) is 0. The summed E-state index contributed by atoms with van der Waals surface area (Å²) < 4.78 is 14.6. The fourth-order valence-corrected chi connectivity index (χ4v) is 2.27. The van der Waals surface area contributed by atoms with Gasteiger partial charge in [-0.15, -0.1) is 0 Å². The van der Waals surface area contributed by atoms with Gasteiger partial charge in [-0.05, 0) is 18.2 Å². The number of nitrogens with two attached hydrogens (primary N) is 2. The van der Waals surface area contributed by atoms with Crippen LogP contribution in [0, 0.1) is 5.82 Å². The molecule has 0 aliphatic carbocycles. The van der Waals surface area contributed by atoms with E-state index in [-0.39, 0.29) is 10.8 Å². The highest BCUT2D eigenvalue weighted by atomic mass is 35.5. The number of halogens is 2. The van der Waals surface area contributed by atoms with Crippen molar-refractivity contribution in [1.82, 2.24) is 9.66 Å². The fourth-order valence-electron chi connectivity index (χ4n) is 2.09. The van der Waals surface area contributed by atoms with Crippen molar-refractivity contribution in [2.24, 2.45) is 0 Å². The van der Waals surface area contributed by atoms with Gasteiger partial charge in [-0.1, -0.05) is 41.9 Å². The number of nitrogen functional groups attached to an aromatic ring is 2. The lowest BCUT2D eigenvalue weighted by Crippen LogP contribution is -2.13. The SMILES string of the molecule is Nc1c(-c2ccc(F)c(Cl)c2)nc(-c2ccccc2)n1N. The van der Waals surface area contributed by atoms with E-state index in [1.807, 2.05) is 30.3 Å². The summed E-state index contributed by atoms with van der Waals surface area (Å²) in [5.41, 5.74) is 7.92. The predicted molar refractivity (Wildman–Crippen MR) is 82.6 cm³/mol. The topological polar surface area (TPSA) is 69.9 Å². The van der Waals surface area contributed by atoms with Crippen LogP contribution in [-0.4, -0.2) is 9.66 Å². The molecule has 0 radical (unpaired) electrons. The van der Waals surface area contributed by atoms with E-state index in [0.717, 1.165) is 5.56 Å². The summed E-state index contributed by atoms with van der Waals surface area (Å²) in [4.78, 5) is 4.45. The van der Waals surface area contributed by atoms with Gasteiger partial charge in [0.05, 0.1) is 5.02 Å². The highest BCUT2D eigenvalue weighted by Gasteiger charge is 2.16. The summed E-state index contributed by atoms with van der Waals surface area (Å²) in [7, 11) is 0. The molecule has 0 atom stereocenters. The van der Waals surface area contributed by atoms with Crippen LogP contribution in [0.2, 0.25) is 5.02 Å². The van der Waals surface area contributed by atoms with E-state index in [1.54, 1.807) is 6.07 Å². The Labute approximate surface area is 125 Å². The van der Waals surface area contributed by atoms with Gasteiger partial charge in [-0.3, -0.25) is 0 Å². The van der Waals surface area contributed by atoms with E-state index >= 15 is 0 Å². The van der Waals surface area contributed by atoms with Crippen LogP contribution < -0.4 is 11.6 Å². The lowest BCUT2D eigenvalue weighted by atomic mass is 10.1. The minimum Gasteiger partial charge on any atom is -0.382 e. The van der Waals surface area contributed by atoms with E-state index in [2.05, 4.69) is 4.98 Å². The third-order valence-electron chi connectivity index (χ3n) is 3.17. The van der Waals surface area contributed by atoms with Crippen molar-refractivity contribution >= 4 is 17.4 Å². The number of aromatic nitrogens is 2. The standard InChI is InChI=1S/C15H12ClFN4/c16-11-8-10(6-7-12(11)17)13-14(18)21(19)15(20-13)9-4-2-1-3-5-9/h1-8H,18-19H2. The monoisotopic (exact) mass is 302 g/mol. The van der Waals surface area contributed by atoms with Gasteiger partial charge in [0.25, 0.3) is 0 Å². The second-order valence-electron chi connectivity index (χ2n) is 4.53. The third kappa shape index (κ3) is 2.32. The molecule has 0 bridgehead atoms. The van der Waals surface area contributed by atoms with Crippen LogP contribution in [0.15, 0.2) is 48.5 Å². The molecule has 0 spiro atoms. The lowest BCUT2D eigenvalue weighted by molar-refractivity contribution is 0.628. The molecule has 4 nitrogen and oxygen atoms in total. The molecule has 0 fully saturated rings. The first-order chi connectivity index (χ1) is 10.1. The zero-order valence-corrected chi connectivity index (χ0v) is 11.7.